The van der Waals surface area contributed by atoms with Gasteiger partial charge in [0.25, 0.3) is 5.56 Å². The van der Waals surface area contributed by atoms with Gasteiger partial charge in [-0.1, -0.05) is 25.1 Å². The first-order chi connectivity index (χ1) is 14.6. The molecule has 0 saturated carbocycles. The number of anilines is 1. The van der Waals surface area contributed by atoms with Crippen LogP contribution in [0.2, 0.25) is 0 Å². The summed E-state index contributed by atoms with van der Waals surface area (Å²) in [7, 11) is -1.91. The Hall–Kier alpha value is -3.20. The van der Waals surface area contributed by atoms with Gasteiger partial charge in [0.15, 0.2) is 0 Å². The average Bonchev–Trinajstić information content (AvgIpc) is 2.68. The average molecular weight is 443 g/mol. The predicted molar refractivity (Wildman–Crippen MR) is 121 cm³/mol. The van der Waals surface area contributed by atoms with Crippen molar-refractivity contribution in [1.29, 1.82) is 0 Å². The van der Waals surface area contributed by atoms with Gasteiger partial charge in [0.2, 0.25) is 10.0 Å². The third-order valence-electron chi connectivity index (χ3n) is 4.70. The second-order valence-electron chi connectivity index (χ2n) is 7.49. The van der Waals surface area contributed by atoms with E-state index in [2.05, 4.69) is 14.7 Å². The van der Waals surface area contributed by atoms with Crippen molar-refractivity contribution in [3.05, 3.63) is 63.6 Å². The highest BCUT2D eigenvalue weighted by molar-refractivity contribution is 7.92. The Morgan fingerprint density at radius 3 is 2.35 bits per heavy atom. The van der Waals surface area contributed by atoms with Gasteiger partial charge in [0.05, 0.1) is 11.4 Å². The van der Waals surface area contributed by atoms with Gasteiger partial charge in [0.1, 0.15) is 11.6 Å². The zero-order chi connectivity index (χ0) is 22.8. The quantitative estimate of drug-likeness (QED) is 0.598. The number of sulfonamides is 1. The van der Waals surface area contributed by atoms with Crippen LogP contribution in [-0.2, 0) is 17.1 Å². The number of pyridine rings is 1. The summed E-state index contributed by atoms with van der Waals surface area (Å²) in [6, 6.07) is 8.99. The van der Waals surface area contributed by atoms with E-state index in [1.165, 1.54) is 10.6 Å². The lowest BCUT2D eigenvalue weighted by atomic mass is 10.1. The Labute approximate surface area is 182 Å². The molecule has 9 heteroatoms. The van der Waals surface area contributed by atoms with Crippen LogP contribution in [0.3, 0.4) is 0 Å². The largest absolute Gasteiger partial charge is 0.424 e. The summed E-state index contributed by atoms with van der Waals surface area (Å²) >= 11 is 0. The lowest BCUT2D eigenvalue weighted by Crippen LogP contribution is -2.19. The van der Waals surface area contributed by atoms with Gasteiger partial charge in [-0.15, -0.1) is 0 Å². The second-order valence-corrected chi connectivity index (χ2v) is 9.33. The summed E-state index contributed by atoms with van der Waals surface area (Å²) < 4.78 is 34.6. The fourth-order valence-electron chi connectivity index (χ4n) is 3.22. The standard InChI is InChI=1S/C22H26N4O4S/c1-6-10-31(28,29)25-19-12-18(17-11-16(4)21(27)26(5)13-17)23-22(24-19)30-20-14(2)8-7-9-15(20)3/h7-9,11-13H,6,10H2,1-5H3,(H,23,24,25). The van der Waals surface area contributed by atoms with E-state index in [9.17, 15) is 13.2 Å². The van der Waals surface area contributed by atoms with E-state index < -0.39 is 10.0 Å². The van der Waals surface area contributed by atoms with Gasteiger partial charge in [-0.25, -0.2) is 8.42 Å². The molecule has 0 saturated heterocycles. The van der Waals surface area contributed by atoms with Gasteiger partial charge >= 0.3 is 6.01 Å². The van der Waals surface area contributed by atoms with Crippen LogP contribution in [0.25, 0.3) is 11.3 Å². The monoisotopic (exact) mass is 442 g/mol. The molecule has 2 aromatic heterocycles. The van der Waals surface area contributed by atoms with Crippen molar-refractivity contribution in [2.24, 2.45) is 7.05 Å². The molecule has 3 aromatic rings. The first-order valence-electron chi connectivity index (χ1n) is 9.91. The van der Waals surface area contributed by atoms with Crippen LogP contribution in [0.4, 0.5) is 5.82 Å². The van der Waals surface area contributed by atoms with Crippen molar-refractivity contribution in [3.8, 4) is 23.0 Å². The first kappa shape index (κ1) is 22.5. The molecule has 0 amide bonds. The van der Waals surface area contributed by atoms with E-state index in [-0.39, 0.29) is 23.1 Å². The first-order valence-corrected chi connectivity index (χ1v) is 11.6. The van der Waals surface area contributed by atoms with Crippen LogP contribution >= 0.6 is 0 Å². The number of nitrogens with one attached hydrogen (secondary N) is 1. The molecular weight excluding hydrogens is 416 g/mol. The molecular formula is C22H26N4O4S. The van der Waals surface area contributed by atoms with Gasteiger partial charge in [-0.05, 0) is 44.4 Å². The summed E-state index contributed by atoms with van der Waals surface area (Å²) in [5, 5.41) is 0. The molecule has 0 radical (unpaired) electrons. The minimum atomic E-state index is -3.56. The van der Waals surface area contributed by atoms with E-state index in [0.29, 0.717) is 29.0 Å². The van der Waals surface area contributed by atoms with Crippen LogP contribution in [-0.4, -0.2) is 28.7 Å². The Morgan fingerprint density at radius 2 is 1.74 bits per heavy atom. The number of nitrogens with zero attached hydrogens (tertiary/aromatic N) is 3. The lowest BCUT2D eigenvalue weighted by Gasteiger charge is -2.14. The molecule has 164 valence electrons. The number of hydrogen-bond donors (Lipinski definition) is 1. The number of hydrogen-bond acceptors (Lipinski definition) is 6. The summed E-state index contributed by atoms with van der Waals surface area (Å²) in [5.74, 6) is 0.683. The minimum Gasteiger partial charge on any atom is -0.424 e. The van der Waals surface area contributed by atoms with Crippen LogP contribution in [0.15, 0.2) is 41.3 Å². The summed E-state index contributed by atoms with van der Waals surface area (Å²) in [5.41, 5.74) is 3.31. The van der Waals surface area contributed by atoms with Crippen molar-refractivity contribution in [3.63, 3.8) is 0 Å². The molecule has 0 aliphatic rings. The van der Waals surface area contributed by atoms with E-state index in [1.54, 1.807) is 33.2 Å². The summed E-state index contributed by atoms with van der Waals surface area (Å²) in [6.45, 7) is 7.32. The zero-order valence-corrected chi connectivity index (χ0v) is 19.1. The molecule has 0 fully saturated rings. The number of ether oxygens (including phenoxy) is 1. The maximum absolute atomic E-state index is 12.3. The number of benzene rings is 1. The van der Waals surface area contributed by atoms with Gasteiger partial charge < -0.3 is 9.30 Å². The molecule has 31 heavy (non-hydrogen) atoms. The molecule has 0 spiro atoms. The van der Waals surface area contributed by atoms with Crippen molar-refractivity contribution in [2.75, 3.05) is 10.5 Å². The summed E-state index contributed by atoms with van der Waals surface area (Å²) in [4.78, 5) is 20.8. The second kappa shape index (κ2) is 8.89. The molecule has 1 N–H and O–H groups in total. The normalized spacial score (nSPS) is 11.4. The molecule has 0 unspecified atom stereocenters. The molecule has 3 rings (SSSR count). The Bertz CT molecular complexity index is 1240. The van der Waals surface area contributed by atoms with Gasteiger partial charge in [-0.3, -0.25) is 9.52 Å². The third kappa shape index (κ3) is 5.29. The van der Waals surface area contributed by atoms with E-state index >= 15 is 0 Å². The maximum Gasteiger partial charge on any atom is 0.324 e. The number of aryl methyl sites for hydroxylation is 4. The maximum atomic E-state index is 12.3. The highest BCUT2D eigenvalue weighted by atomic mass is 32.2. The minimum absolute atomic E-state index is 0.00982. The summed E-state index contributed by atoms with van der Waals surface area (Å²) in [6.07, 6.45) is 2.11. The number of para-hydroxylation sites is 1. The van der Waals surface area contributed by atoms with Gasteiger partial charge in [-0.2, -0.15) is 9.97 Å². The third-order valence-corrected chi connectivity index (χ3v) is 6.16. The van der Waals surface area contributed by atoms with E-state index in [0.717, 1.165) is 11.1 Å². The van der Waals surface area contributed by atoms with Gasteiger partial charge in [0, 0.05) is 30.4 Å². The van der Waals surface area contributed by atoms with Crippen molar-refractivity contribution in [2.45, 2.75) is 34.1 Å². The number of rotatable bonds is 7. The highest BCUT2D eigenvalue weighted by Gasteiger charge is 2.16. The zero-order valence-electron chi connectivity index (χ0n) is 18.3. The molecule has 0 aliphatic carbocycles. The fourth-order valence-corrected chi connectivity index (χ4v) is 4.28. The molecule has 8 nitrogen and oxygen atoms in total. The smallest absolute Gasteiger partial charge is 0.324 e. The lowest BCUT2D eigenvalue weighted by molar-refractivity contribution is 0.437. The number of aromatic nitrogens is 3. The molecule has 0 aliphatic heterocycles. The Balaban J connectivity index is 2.13. The molecule has 1 aromatic carbocycles. The molecule has 0 atom stereocenters. The van der Waals surface area contributed by atoms with Crippen LogP contribution in [0, 0.1) is 20.8 Å². The van der Waals surface area contributed by atoms with Crippen LogP contribution in [0.1, 0.15) is 30.0 Å². The Morgan fingerprint density at radius 1 is 1.06 bits per heavy atom. The predicted octanol–water partition coefficient (Wildman–Crippen LogP) is 3.71. The SMILES string of the molecule is CCCS(=O)(=O)Nc1cc(-c2cc(C)c(=O)n(C)c2)nc(Oc2c(C)cccc2C)n1. The fraction of sp³-hybridized carbons (Fsp3) is 0.318. The topological polar surface area (TPSA) is 103 Å². The highest BCUT2D eigenvalue weighted by Crippen LogP contribution is 2.29. The van der Waals surface area contributed by atoms with E-state index in [4.69, 9.17) is 4.74 Å². The molecule has 0 bridgehead atoms. The van der Waals surface area contributed by atoms with Crippen molar-refractivity contribution in [1.82, 2.24) is 14.5 Å². The van der Waals surface area contributed by atoms with Crippen molar-refractivity contribution >= 4 is 15.8 Å². The molecule has 2 heterocycles. The van der Waals surface area contributed by atoms with Crippen LogP contribution < -0.4 is 15.0 Å². The van der Waals surface area contributed by atoms with E-state index in [1.807, 2.05) is 32.0 Å². The van der Waals surface area contributed by atoms with Crippen molar-refractivity contribution < 1.29 is 13.2 Å². The Kier molecular flexibility index (Phi) is 6.45. The van der Waals surface area contributed by atoms with Crippen LogP contribution in [0.5, 0.6) is 11.8 Å².